The van der Waals surface area contributed by atoms with Crippen LogP contribution in [0.1, 0.15) is 38.8 Å². The SMILES string of the molecule is COc1cc(B2OC(C)(C)C(C)(C)O2)cc(C)c1C#N. The van der Waals surface area contributed by atoms with E-state index in [4.69, 9.17) is 19.3 Å². The Bertz CT molecular complexity index is 559. The Labute approximate surface area is 120 Å². The topological polar surface area (TPSA) is 51.5 Å². The van der Waals surface area contributed by atoms with Crippen LogP contribution < -0.4 is 10.2 Å². The lowest BCUT2D eigenvalue weighted by atomic mass is 9.77. The number of ether oxygens (including phenoxy) is 1. The van der Waals surface area contributed by atoms with Crippen molar-refractivity contribution < 1.29 is 14.0 Å². The molecule has 0 amide bonds. The van der Waals surface area contributed by atoms with Crippen LogP contribution in [0.2, 0.25) is 0 Å². The first-order valence-electron chi connectivity index (χ1n) is 6.66. The molecule has 4 nitrogen and oxygen atoms in total. The van der Waals surface area contributed by atoms with Crippen LogP contribution in [0.3, 0.4) is 0 Å². The molecule has 1 fully saturated rings. The van der Waals surface area contributed by atoms with Gasteiger partial charge in [0.1, 0.15) is 11.8 Å². The monoisotopic (exact) mass is 273 g/mol. The van der Waals surface area contributed by atoms with Gasteiger partial charge in [-0.2, -0.15) is 5.26 Å². The number of benzene rings is 1. The van der Waals surface area contributed by atoms with E-state index in [9.17, 15) is 0 Å². The van der Waals surface area contributed by atoms with E-state index in [-0.39, 0.29) is 11.2 Å². The molecule has 2 rings (SSSR count). The second kappa shape index (κ2) is 4.80. The molecule has 0 aromatic heterocycles. The van der Waals surface area contributed by atoms with Crippen molar-refractivity contribution in [2.75, 3.05) is 7.11 Å². The lowest BCUT2D eigenvalue weighted by molar-refractivity contribution is 0.00578. The molecule has 0 bridgehead atoms. The molecule has 0 N–H and O–H groups in total. The van der Waals surface area contributed by atoms with E-state index in [1.807, 2.05) is 46.8 Å². The molecule has 1 aromatic carbocycles. The highest BCUT2D eigenvalue weighted by Gasteiger charge is 2.51. The summed E-state index contributed by atoms with van der Waals surface area (Å²) in [4.78, 5) is 0. The van der Waals surface area contributed by atoms with Gasteiger partial charge in [-0.15, -0.1) is 0 Å². The molecule has 0 spiro atoms. The molecule has 0 unspecified atom stereocenters. The van der Waals surface area contributed by atoms with Gasteiger partial charge in [0.2, 0.25) is 0 Å². The fourth-order valence-electron chi connectivity index (χ4n) is 2.20. The highest BCUT2D eigenvalue weighted by atomic mass is 16.7. The average molecular weight is 273 g/mol. The largest absolute Gasteiger partial charge is 0.495 e. The fourth-order valence-corrected chi connectivity index (χ4v) is 2.20. The number of nitriles is 1. The summed E-state index contributed by atoms with van der Waals surface area (Å²) in [6.07, 6.45) is 0. The van der Waals surface area contributed by atoms with E-state index in [2.05, 4.69) is 6.07 Å². The normalized spacial score (nSPS) is 19.8. The third-order valence-electron chi connectivity index (χ3n) is 4.18. The first kappa shape index (κ1) is 14.9. The molecule has 20 heavy (non-hydrogen) atoms. The Morgan fingerprint density at radius 3 is 2.15 bits per heavy atom. The van der Waals surface area contributed by atoms with Gasteiger partial charge in [0.15, 0.2) is 0 Å². The number of rotatable bonds is 2. The molecule has 106 valence electrons. The number of hydrogen-bond acceptors (Lipinski definition) is 4. The summed E-state index contributed by atoms with van der Waals surface area (Å²) in [7, 11) is 1.12. The summed E-state index contributed by atoms with van der Waals surface area (Å²) < 4.78 is 17.3. The molecule has 1 saturated heterocycles. The summed E-state index contributed by atoms with van der Waals surface area (Å²) >= 11 is 0. The van der Waals surface area contributed by atoms with Crippen LogP contribution in [-0.2, 0) is 9.31 Å². The summed E-state index contributed by atoms with van der Waals surface area (Å²) in [5.74, 6) is 0.553. The molecular weight excluding hydrogens is 253 g/mol. The average Bonchev–Trinajstić information content (AvgIpc) is 2.57. The maximum absolute atomic E-state index is 9.16. The van der Waals surface area contributed by atoms with Crippen LogP contribution in [-0.4, -0.2) is 25.4 Å². The molecule has 0 radical (unpaired) electrons. The Hall–Kier alpha value is -1.51. The van der Waals surface area contributed by atoms with Gasteiger partial charge >= 0.3 is 7.12 Å². The lowest BCUT2D eigenvalue weighted by Gasteiger charge is -2.32. The van der Waals surface area contributed by atoms with Gasteiger partial charge < -0.3 is 14.0 Å². The second-order valence-corrected chi connectivity index (χ2v) is 6.12. The van der Waals surface area contributed by atoms with Crippen molar-refractivity contribution in [2.45, 2.75) is 45.8 Å². The minimum absolute atomic E-state index is 0.382. The highest BCUT2D eigenvalue weighted by Crippen LogP contribution is 2.36. The number of nitrogens with zero attached hydrogens (tertiary/aromatic N) is 1. The molecule has 0 saturated carbocycles. The van der Waals surface area contributed by atoms with Crippen LogP contribution in [0.15, 0.2) is 12.1 Å². The molecular formula is C15H20BNO3. The van der Waals surface area contributed by atoms with Crippen molar-refractivity contribution in [3.8, 4) is 11.8 Å². The van der Waals surface area contributed by atoms with Gasteiger partial charge in [-0.3, -0.25) is 0 Å². The number of methoxy groups -OCH3 is 1. The Morgan fingerprint density at radius 1 is 1.15 bits per heavy atom. The first-order chi connectivity index (χ1) is 9.21. The number of aryl methyl sites for hydroxylation is 1. The van der Waals surface area contributed by atoms with E-state index in [0.29, 0.717) is 11.3 Å². The molecule has 1 aliphatic rings. The third kappa shape index (κ3) is 2.30. The zero-order chi connectivity index (χ0) is 15.1. The Kier molecular flexibility index (Phi) is 3.57. The molecule has 5 heteroatoms. The molecule has 1 aromatic rings. The van der Waals surface area contributed by atoms with Crippen LogP contribution >= 0.6 is 0 Å². The standard InChI is InChI=1S/C15H20BNO3/c1-10-7-11(8-13(18-6)12(10)9-17)16-19-14(2,3)15(4,5)20-16/h7-8H,1-6H3. The van der Waals surface area contributed by atoms with Crippen molar-refractivity contribution in [2.24, 2.45) is 0 Å². The predicted molar refractivity (Wildman–Crippen MR) is 78.2 cm³/mol. The van der Waals surface area contributed by atoms with Gasteiger partial charge in [0, 0.05) is 0 Å². The maximum Gasteiger partial charge on any atom is 0.494 e. The van der Waals surface area contributed by atoms with Crippen LogP contribution in [0, 0.1) is 18.3 Å². The zero-order valence-corrected chi connectivity index (χ0v) is 12.9. The van der Waals surface area contributed by atoms with E-state index in [1.54, 1.807) is 7.11 Å². The minimum Gasteiger partial charge on any atom is -0.495 e. The van der Waals surface area contributed by atoms with Gasteiger partial charge in [-0.1, -0.05) is 6.07 Å². The summed E-state index contributed by atoms with van der Waals surface area (Å²) in [6, 6.07) is 5.89. The third-order valence-corrected chi connectivity index (χ3v) is 4.18. The van der Waals surface area contributed by atoms with Crippen molar-refractivity contribution in [3.05, 3.63) is 23.3 Å². The zero-order valence-electron chi connectivity index (χ0n) is 12.9. The van der Waals surface area contributed by atoms with Crippen LogP contribution in [0.25, 0.3) is 0 Å². The summed E-state index contributed by atoms with van der Waals surface area (Å²) in [5, 5.41) is 9.16. The molecule has 1 aliphatic heterocycles. The Balaban J connectivity index is 2.42. The first-order valence-corrected chi connectivity index (χ1v) is 6.66. The van der Waals surface area contributed by atoms with Crippen molar-refractivity contribution in [1.29, 1.82) is 5.26 Å². The second-order valence-electron chi connectivity index (χ2n) is 6.12. The van der Waals surface area contributed by atoms with Gasteiger partial charge in [-0.25, -0.2) is 0 Å². The van der Waals surface area contributed by atoms with Gasteiger partial charge in [-0.05, 0) is 51.7 Å². The molecule has 0 atom stereocenters. The smallest absolute Gasteiger partial charge is 0.494 e. The van der Waals surface area contributed by atoms with Gasteiger partial charge in [0.25, 0.3) is 0 Å². The summed E-state index contributed by atoms with van der Waals surface area (Å²) in [5.41, 5.74) is 1.51. The Morgan fingerprint density at radius 2 is 1.70 bits per heavy atom. The van der Waals surface area contributed by atoms with Gasteiger partial charge in [0.05, 0.1) is 23.9 Å². The van der Waals surface area contributed by atoms with E-state index >= 15 is 0 Å². The van der Waals surface area contributed by atoms with Crippen LogP contribution in [0.4, 0.5) is 0 Å². The fraction of sp³-hybridized carbons (Fsp3) is 0.533. The van der Waals surface area contributed by atoms with Crippen molar-refractivity contribution in [3.63, 3.8) is 0 Å². The molecule has 1 heterocycles. The lowest BCUT2D eigenvalue weighted by Crippen LogP contribution is -2.41. The maximum atomic E-state index is 9.16. The van der Waals surface area contributed by atoms with Crippen molar-refractivity contribution in [1.82, 2.24) is 0 Å². The summed E-state index contributed by atoms with van der Waals surface area (Å²) in [6.45, 7) is 9.94. The number of hydrogen-bond donors (Lipinski definition) is 0. The van der Waals surface area contributed by atoms with Crippen LogP contribution in [0.5, 0.6) is 5.75 Å². The van der Waals surface area contributed by atoms with E-state index in [0.717, 1.165) is 11.0 Å². The minimum atomic E-state index is -0.444. The molecule has 0 aliphatic carbocycles. The van der Waals surface area contributed by atoms with Crippen molar-refractivity contribution >= 4 is 12.6 Å². The highest BCUT2D eigenvalue weighted by molar-refractivity contribution is 6.62. The quantitative estimate of drug-likeness (QED) is 0.775. The van der Waals surface area contributed by atoms with E-state index < -0.39 is 7.12 Å². The van der Waals surface area contributed by atoms with E-state index in [1.165, 1.54) is 0 Å². The predicted octanol–water partition coefficient (Wildman–Crippen LogP) is 2.17.